The molecule has 27 heavy (non-hydrogen) atoms. The summed E-state index contributed by atoms with van der Waals surface area (Å²) >= 11 is 6.04. The average molecular weight is 390 g/mol. The van der Waals surface area contributed by atoms with E-state index in [2.05, 4.69) is 4.98 Å². The molecule has 0 aliphatic carbocycles. The van der Waals surface area contributed by atoms with Gasteiger partial charge in [-0.2, -0.15) is 0 Å². The van der Waals surface area contributed by atoms with Gasteiger partial charge in [0.15, 0.2) is 0 Å². The Morgan fingerprint density at radius 3 is 2.85 bits per heavy atom. The number of carbonyl (C=O) groups is 2. The molecule has 8 heteroatoms. The fourth-order valence-electron chi connectivity index (χ4n) is 3.05. The maximum Gasteiger partial charge on any atom is 0.267 e. The number of likely N-dealkylation sites (tertiary alicyclic amines) is 1. The van der Waals surface area contributed by atoms with Crippen LogP contribution in [0.2, 0.25) is 5.02 Å². The highest BCUT2D eigenvalue weighted by molar-refractivity contribution is 6.31. The van der Waals surface area contributed by atoms with Crippen LogP contribution in [0.1, 0.15) is 33.7 Å². The molecule has 1 aromatic heterocycles. The van der Waals surface area contributed by atoms with Crippen LogP contribution in [-0.2, 0) is 0 Å². The third-order valence-electron chi connectivity index (χ3n) is 4.34. The minimum atomic E-state index is -0.617. The third-order valence-corrected chi connectivity index (χ3v) is 4.58. The van der Waals surface area contributed by atoms with Crippen molar-refractivity contribution in [3.8, 4) is 11.5 Å². The van der Waals surface area contributed by atoms with Crippen molar-refractivity contribution < 1.29 is 19.1 Å². The lowest BCUT2D eigenvalue weighted by molar-refractivity contribution is 0.0535. The third kappa shape index (κ3) is 4.49. The van der Waals surface area contributed by atoms with Crippen molar-refractivity contribution in [2.75, 3.05) is 20.2 Å². The number of amides is 2. The minimum absolute atomic E-state index is 0.139. The lowest BCUT2D eigenvalue weighted by Gasteiger charge is -2.33. The Bertz CT molecular complexity index is 859. The number of carbonyl (C=O) groups excluding carboxylic acids is 2. The highest BCUT2D eigenvalue weighted by atomic mass is 35.5. The molecule has 1 aliphatic rings. The van der Waals surface area contributed by atoms with Crippen molar-refractivity contribution in [2.24, 2.45) is 5.73 Å². The number of methoxy groups -OCH3 is 1. The Labute approximate surface area is 162 Å². The largest absolute Gasteiger partial charge is 0.496 e. The van der Waals surface area contributed by atoms with E-state index in [-0.39, 0.29) is 17.7 Å². The van der Waals surface area contributed by atoms with Gasteiger partial charge in [0, 0.05) is 23.8 Å². The molecule has 1 fully saturated rings. The van der Waals surface area contributed by atoms with Gasteiger partial charge in [0.25, 0.3) is 11.8 Å². The van der Waals surface area contributed by atoms with E-state index in [1.54, 1.807) is 29.2 Å². The van der Waals surface area contributed by atoms with Crippen LogP contribution in [0.5, 0.6) is 11.5 Å². The quantitative estimate of drug-likeness (QED) is 0.847. The van der Waals surface area contributed by atoms with Gasteiger partial charge >= 0.3 is 0 Å². The summed E-state index contributed by atoms with van der Waals surface area (Å²) in [5.74, 6) is 0.204. The van der Waals surface area contributed by atoms with E-state index in [1.165, 1.54) is 19.4 Å². The van der Waals surface area contributed by atoms with Crippen molar-refractivity contribution in [1.29, 1.82) is 0 Å². The van der Waals surface area contributed by atoms with Crippen molar-refractivity contribution in [1.82, 2.24) is 9.88 Å². The summed E-state index contributed by atoms with van der Waals surface area (Å²) in [6.07, 6.45) is 2.87. The molecule has 7 nitrogen and oxygen atoms in total. The van der Waals surface area contributed by atoms with Crippen LogP contribution in [0.25, 0.3) is 0 Å². The maximum absolute atomic E-state index is 12.9. The molecule has 142 valence electrons. The fourth-order valence-corrected chi connectivity index (χ4v) is 3.22. The number of piperidine rings is 1. The molecule has 2 heterocycles. The highest BCUT2D eigenvalue weighted by Gasteiger charge is 2.27. The van der Waals surface area contributed by atoms with E-state index in [4.69, 9.17) is 26.8 Å². The first-order chi connectivity index (χ1) is 13.0. The predicted octanol–water partition coefficient (Wildman–Crippen LogP) is 2.53. The molecule has 0 radical (unpaired) electrons. The summed E-state index contributed by atoms with van der Waals surface area (Å²) in [5.41, 5.74) is 5.81. The average Bonchev–Trinajstić information content (AvgIpc) is 2.67. The second kappa shape index (κ2) is 8.26. The second-order valence-corrected chi connectivity index (χ2v) is 6.66. The summed E-state index contributed by atoms with van der Waals surface area (Å²) in [6.45, 7) is 1.04. The second-order valence-electron chi connectivity index (χ2n) is 6.22. The standard InChI is InChI=1S/C19H20ClN3O4/c1-26-17-5-4-12(20)9-15(17)19(25)23-8-2-3-14(11-23)27-13-6-7-22-16(10-13)18(21)24/h4-7,9-10,14H,2-3,8,11H2,1H3,(H2,21,24). The molecule has 0 bridgehead atoms. The van der Waals surface area contributed by atoms with Gasteiger partial charge in [-0.15, -0.1) is 0 Å². The molecule has 1 aromatic carbocycles. The number of nitrogens with zero attached hydrogens (tertiary/aromatic N) is 2. The molecule has 1 saturated heterocycles. The topological polar surface area (TPSA) is 94.8 Å². The number of benzene rings is 1. The van der Waals surface area contributed by atoms with Crippen molar-refractivity contribution in [3.63, 3.8) is 0 Å². The van der Waals surface area contributed by atoms with Crippen LogP contribution in [0.15, 0.2) is 36.5 Å². The van der Waals surface area contributed by atoms with Gasteiger partial charge in [-0.05, 0) is 37.1 Å². The van der Waals surface area contributed by atoms with Gasteiger partial charge in [-0.3, -0.25) is 14.6 Å². The van der Waals surface area contributed by atoms with Crippen LogP contribution in [0.4, 0.5) is 0 Å². The summed E-state index contributed by atoms with van der Waals surface area (Å²) < 4.78 is 11.2. The van der Waals surface area contributed by atoms with Crippen LogP contribution in [0.3, 0.4) is 0 Å². The maximum atomic E-state index is 12.9. The Hall–Kier alpha value is -2.80. The zero-order valence-electron chi connectivity index (χ0n) is 14.9. The van der Waals surface area contributed by atoms with Gasteiger partial charge in [0.1, 0.15) is 23.3 Å². The molecular formula is C19H20ClN3O4. The summed E-state index contributed by atoms with van der Waals surface area (Å²) in [5, 5.41) is 0.472. The van der Waals surface area contributed by atoms with Crippen molar-refractivity contribution in [3.05, 3.63) is 52.8 Å². The molecule has 2 N–H and O–H groups in total. The minimum Gasteiger partial charge on any atom is -0.496 e. The molecule has 1 aliphatic heterocycles. The van der Waals surface area contributed by atoms with Crippen LogP contribution >= 0.6 is 11.6 Å². The van der Waals surface area contributed by atoms with Gasteiger partial charge < -0.3 is 20.1 Å². The van der Waals surface area contributed by atoms with Crippen LogP contribution < -0.4 is 15.2 Å². The van der Waals surface area contributed by atoms with E-state index in [0.29, 0.717) is 35.2 Å². The first-order valence-corrected chi connectivity index (χ1v) is 8.91. The molecular weight excluding hydrogens is 370 g/mol. The van der Waals surface area contributed by atoms with Gasteiger partial charge in [-0.25, -0.2) is 0 Å². The molecule has 0 spiro atoms. The number of halogens is 1. The summed E-state index contributed by atoms with van der Waals surface area (Å²) in [7, 11) is 1.52. The van der Waals surface area contributed by atoms with E-state index >= 15 is 0 Å². The number of nitrogens with two attached hydrogens (primary N) is 1. The number of pyridine rings is 1. The SMILES string of the molecule is COc1ccc(Cl)cc1C(=O)N1CCCC(Oc2ccnc(C(N)=O)c2)C1. The van der Waals surface area contributed by atoms with E-state index < -0.39 is 5.91 Å². The van der Waals surface area contributed by atoms with E-state index in [0.717, 1.165) is 12.8 Å². The van der Waals surface area contributed by atoms with Crippen LogP contribution in [0, 0.1) is 0 Å². The number of primary amides is 1. The molecule has 1 unspecified atom stereocenters. The lowest BCUT2D eigenvalue weighted by atomic mass is 10.1. The Kier molecular flexibility index (Phi) is 5.81. The molecule has 0 saturated carbocycles. The zero-order valence-corrected chi connectivity index (χ0v) is 15.6. The Morgan fingerprint density at radius 1 is 1.30 bits per heavy atom. The number of rotatable bonds is 5. The van der Waals surface area contributed by atoms with E-state index in [9.17, 15) is 9.59 Å². The van der Waals surface area contributed by atoms with Crippen molar-refractivity contribution in [2.45, 2.75) is 18.9 Å². The normalized spacial score (nSPS) is 16.7. The number of hydrogen-bond acceptors (Lipinski definition) is 5. The summed E-state index contributed by atoms with van der Waals surface area (Å²) in [6, 6.07) is 8.13. The molecule has 1 atom stereocenters. The van der Waals surface area contributed by atoms with Crippen LogP contribution in [-0.4, -0.2) is 48.0 Å². The predicted molar refractivity (Wildman–Crippen MR) is 100 cm³/mol. The first kappa shape index (κ1) is 19.0. The zero-order chi connectivity index (χ0) is 19.4. The molecule has 2 amide bonds. The van der Waals surface area contributed by atoms with Gasteiger partial charge in [0.2, 0.25) is 0 Å². The van der Waals surface area contributed by atoms with Gasteiger partial charge in [0.05, 0.1) is 19.2 Å². The number of hydrogen-bond donors (Lipinski definition) is 1. The first-order valence-electron chi connectivity index (χ1n) is 8.53. The number of aromatic nitrogens is 1. The molecule has 2 aromatic rings. The Morgan fingerprint density at radius 2 is 2.11 bits per heavy atom. The number of ether oxygens (including phenoxy) is 2. The van der Waals surface area contributed by atoms with E-state index in [1.807, 2.05) is 0 Å². The molecule has 3 rings (SSSR count). The fraction of sp³-hybridized carbons (Fsp3) is 0.316. The smallest absolute Gasteiger partial charge is 0.267 e. The lowest BCUT2D eigenvalue weighted by Crippen LogP contribution is -2.44. The monoisotopic (exact) mass is 389 g/mol. The van der Waals surface area contributed by atoms with Crippen molar-refractivity contribution >= 4 is 23.4 Å². The Balaban J connectivity index is 1.73. The summed E-state index contributed by atoms with van der Waals surface area (Å²) in [4.78, 5) is 29.8. The van der Waals surface area contributed by atoms with Gasteiger partial charge in [-0.1, -0.05) is 11.6 Å². The highest BCUT2D eigenvalue weighted by Crippen LogP contribution is 2.26.